The summed E-state index contributed by atoms with van der Waals surface area (Å²) in [4.78, 5) is 0. The molecule has 2 aromatic carbocycles. The van der Waals surface area contributed by atoms with Crippen LogP contribution in [-0.4, -0.2) is 10.2 Å². The SMILES string of the molecule is CCCCC(c1ccc(O)cc1)C1CCC(c2ccc(O)cc2)CC1. The maximum atomic E-state index is 9.59. The van der Waals surface area contributed by atoms with Crippen LogP contribution in [0.5, 0.6) is 11.5 Å². The normalized spacial score (nSPS) is 21.8. The van der Waals surface area contributed by atoms with E-state index in [1.54, 1.807) is 0 Å². The third-order valence-corrected chi connectivity index (χ3v) is 5.90. The van der Waals surface area contributed by atoms with E-state index in [1.807, 2.05) is 24.3 Å². The van der Waals surface area contributed by atoms with Crippen molar-refractivity contribution in [2.75, 3.05) is 0 Å². The van der Waals surface area contributed by atoms with Crippen LogP contribution in [0.3, 0.4) is 0 Å². The quantitative estimate of drug-likeness (QED) is 0.644. The van der Waals surface area contributed by atoms with Crippen molar-refractivity contribution in [1.82, 2.24) is 0 Å². The molecule has 1 unspecified atom stereocenters. The maximum Gasteiger partial charge on any atom is 0.115 e. The monoisotopic (exact) mass is 338 g/mol. The third-order valence-electron chi connectivity index (χ3n) is 5.90. The van der Waals surface area contributed by atoms with Gasteiger partial charge in [-0.05, 0) is 85.3 Å². The van der Waals surface area contributed by atoms with Gasteiger partial charge in [0, 0.05) is 0 Å². The minimum Gasteiger partial charge on any atom is -0.508 e. The van der Waals surface area contributed by atoms with Crippen molar-refractivity contribution in [3.8, 4) is 11.5 Å². The molecule has 0 saturated heterocycles. The summed E-state index contributed by atoms with van der Waals surface area (Å²) in [6.07, 6.45) is 8.74. The van der Waals surface area contributed by atoms with Crippen LogP contribution in [0, 0.1) is 5.92 Å². The number of benzene rings is 2. The Hall–Kier alpha value is -1.96. The first-order chi connectivity index (χ1) is 12.2. The summed E-state index contributed by atoms with van der Waals surface area (Å²) in [7, 11) is 0. The zero-order chi connectivity index (χ0) is 17.6. The number of aromatic hydroxyl groups is 2. The molecule has 2 heteroatoms. The van der Waals surface area contributed by atoms with Crippen LogP contribution < -0.4 is 0 Å². The van der Waals surface area contributed by atoms with Gasteiger partial charge in [-0.15, -0.1) is 0 Å². The second-order valence-corrected chi connectivity index (χ2v) is 7.54. The molecular formula is C23H30O2. The van der Waals surface area contributed by atoms with Gasteiger partial charge in [-0.2, -0.15) is 0 Å². The van der Waals surface area contributed by atoms with Crippen molar-refractivity contribution in [3.63, 3.8) is 0 Å². The van der Waals surface area contributed by atoms with Crippen LogP contribution in [-0.2, 0) is 0 Å². The van der Waals surface area contributed by atoms with E-state index in [2.05, 4.69) is 31.2 Å². The molecule has 1 aliphatic rings. The largest absolute Gasteiger partial charge is 0.508 e. The van der Waals surface area contributed by atoms with Crippen LogP contribution in [0.15, 0.2) is 48.5 Å². The van der Waals surface area contributed by atoms with Crippen LogP contribution >= 0.6 is 0 Å². The van der Waals surface area contributed by atoms with Gasteiger partial charge >= 0.3 is 0 Å². The summed E-state index contributed by atoms with van der Waals surface area (Å²) in [6, 6.07) is 15.7. The highest BCUT2D eigenvalue weighted by Gasteiger charge is 2.28. The van der Waals surface area contributed by atoms with E-state index in [9.17, 15) is 10.2 Å². The predicted octanol–water partition coefficient (Wildman–Crippen LogP) is 6.35. The van der Waals surface area contributed by atoms with E-state index in [0.29, 0.717) is 23.3 Å². The Morgan fingerprint density at radius 1 is 0.840 bits per heavy atom. The van der Waals surface area contributed by atoms with Gasteiger partial charge < -0.3 is 10.2 Å². The fourth-order valence-corrected chi connectivity index (χ4v) is 4.42. The molecule has 134 valence electrons. The molecule has 1 aliphatic carbocycles. The van der Waals surface area contributed by atoms with Gasteiger partial charge in [0.2, 0.25) is 0 Å². The number of hydrogen-bond acceptors (Lipinski definition) is 2. The summed E-state index contributed by atoms with van der Waals surface area (Å²) >= 11 is 0. The highest BCUT2D eigenvalue weighted by atomic mass is 16.3. The van der Waals surface area contributed by atoms with Crippen molar-refractivity contribution in [2.24, 2.45) is 5.92 Å². The summed E-state index contributed by atoms with van der Waals surface area (Å²) < 4.78 is 0. The average Bonchev–Trinajstić information content (AvgIpc) is 2.65. The number of phenols is 2. The molecule has 0 bridgehead atoms. The van der Waals surface area contributed by atoms with E-state index in [0.717, 1.165) is 5.92 Å². The van der Waals surface area contributed by atoms with Gasteiger partial charge in [0.25, 0.3) is 0 Å². The lowest BCUT2D eigenvalue weighted by Crippen LogP contribution is -2.20. The van der Waals surface area contributed by atoms with Crippen molar-refractivity contribution < 1.29 is 10.2 Å². The van der Waals surface area contributed by atoms with Gasteiger partial charge in [0.1, 0.15) is 11.5 Å². The van der Waals surface area contributed by atoms with Gasteiger partial charge in [-0.1, -0.05) is 44.0 Å². The zero-order valence-electron chi connectivity index (χ0n) is 15.2. The number of hydrogen-bond donors (Lipinski definition) is 2. The third kappa shape index (κ3) is 4.56. The fourth-order valence-electron chi connectivity index (χ4n) is 4.42. The molecule has 0 radical (unpaired) electrons. The second kappa shape index (κ2) is 8.42. The fraction of sp³-hybridized carbons (Fsp3) is 0.478. The Kier molecular flexibility index (Phi) is 6.01. The molecule has 3 rings (SSSR count). The molecule has 1 saturated carbocycles. The Balaban J connectivity index is 1.67. The lowest BCUT2D eigenvalue weighted by atomic mass is 9.70. The molecule has 0 spiro atoms. The van der Waals surface area contributed by atoms with Crippen LogP contribution in [0.2, 0.25) is 0 Å². The first kappa shape index (κ1) is 17.8. The first-order valence-corrected chi connectivity index (χ1v) is 9.75. The smallest absolute Gasteiger partial charge is 0.115 e. The van der Waals surface area contributed by atoms with Crippen LogP contribution in [0.4, 0.5) is 0 Å². The molecule has 0 heterocycles. The lowest BCUT2D eigenvalue weighted by Gasteiger charge is -2.34. The molecule has 2 nitrogen and oxygen atoms in total. The summed E-state index contributed by atoms with van der Waals surface area (Å²) in [5.41, 5.74) is 2.75. The maximum absolute atomic E-state index is 9.59. The molecule has 0 aromatic heterocycles. The van der Waals surface area contributed by atoms with E-state index < -0.39 is 0 Å². The molecule has 1 atom stereocenters. The van der Waals surface area contributed by atoms with Gasteiger partial charge in [0.15, 0.2) is 0 Å². The van der Waals surface area contributed by atoms with E-state index >= 15 is 0 Å². The summed E-state index contributed by atoms with van der Waals surface area (Å²) in [5.74, 6) is 2.69. The van der Waals surface area contributed by atoms with Crippen molar-refractivity contribution in [2.45, 2.75) is 63.7 Å². The summed E-state index contributed by atoms with van der Waals surface area (Å²) in [5, 5.41) is 19.1. The number of phenolic OH excluding ortho intramolecular Hbond substituents is 2. The van der Waals surface area contributed by atoms with Crippen LogP contribution in [0.25, 0.3) is 0 Å². The van der Waals surface area contributed by atoms with E-state index in [-0.39, 0.29) is 0 Å². The molecule has 0 amide bonds. The Morgan fingerprint density at radius 2 is 1.40 bits per heavy atom. The van der Waals surface area contributed by atoms with Crippen molar-refractivity contribution >= 4 is 0 Å². The number of unbranched alkanes of at least 4 members (excludes halogenated alkanes) is 1. The Bertz CT molecular complexity index is 637. The molecule has 25 heavy (non-hydrogen) atoms. The van der Waals surface area contributed by atoms with Crippen molar-refractivity contribution in [1.29, 1.82) is 0 Å². The summed E-state index contributed by atoms with van der Waals surface area (Å²) in [6.45, 7) is 2.26. The highest BCUT2D eigenvalue weighted by molar-refractivity contribution is 5.30. The Morgan fingerprint density at radius 3 is 1.96 bits per heavy atom. The molecule has 2 aromatic rings. The lowest BCUT2D eigenvalue weighted by molar-refractivity contribution is 0.269. The van der Waals surface area contributed by atoms with Gasteiger partial charge in [-0.25, -0.2) is 0 Å². The molecule has 0 aliphatic heterocycles. The standard InChI is InChI=1S/C23H30O2/c1-2-3-4-23(20-11-15-22(25)16-12-20)19-7-5-17(6-8-19)18-9-13-21(24)14-10-18/h9-17,19,23-25H,2-8H2,1H3. The first-order valence-electron chi connectivity index (χ1n) is 9.75. The topological polar surface area (TPSA) is 40.5 Å². The highest BCUT2D eigenvalue weighted by Crippen LogP contribution is 2.44. The molecule has 2 N–H and O–H groups in total. The van der Waals surface area contributed by atoms with Gasteiger partial charge in [0.05, 0.1) is 0 Å². The predicted molar refractivity (Wildman–Crippen MR) is 103 cm³/mol. The Labute approximate surface area is 151 Å². The second-order valence-electron chi connectivity index (χ2n) is 7.54. The van der Waals surface area contributed by atoms with E-state index in [4.69, 9.17) is 0 Å². The zero-order valence-corrected chi connectivity index (χ0v) is 15.2. The molecule has 1 fully saturated rings. The minimum absolute atomic E-state index is 0.351. The number of rotatable bonds is 6. The van der Waals surface area contributed by atoms with Crippen LogP contribution in [0.1, 0.15) is 74.8 Å². The van der Waals surface area contributed by atoms with E-state index in [1.165, 1.54) is 56.1 Å². The average molecular weight is 338 g/mol. The minimum atomic E-state index is 0.351. The van der Waals surface area contributed by atoms with Crippen molar-refractivity contribution in [3.05, 3.63) is 59.7 Å². The molecular weight excluding hydrogens is 308 g/mol. The van der Waals surface area contributed by atoms with Gasteiger partial charge in [-0.3, -0.25) is 0 Å².